The molecule has 0 aliphatic heterocycles. The van der Waals surface area contributed by atoms with E-state index in [0.717, 1.165) is 6.08 Å². The number of non-ortho nitro benzene ring substituents is 1. The number of ketones is 1. The summed E-state index contributed by atoms with van der Waals surface area (Å²) in [4.78, 5) is 20.8. The minimum absolute atomic E-state index is 0.0685. The monoisotopic (exact) mass is 239 g/mol. The molecular weight excluding hydrogens is 229 g/mol. The van der Waals surface area contributed by atoms with Crippen LogP contribution >= 0.6 is 0 Å². The number of alkyl halides is 1. The molecule has 0 amide bonds. The molecule has 0 saturated carbocycles. The largest absolute Gasteiger partial charge is 0.496 e. The average Bonchev–Trinajstić information content (AvgIpc) is 2.35. The fourth-order valence-corrected chi connectivity index (χ4v) is 1.19. The van der Waals surface area contributed by atoms with Crippen molar-refractivity contribution in [2.75, 3.05) is 13.8 Å². The summed E-state index contributed by atoms with van der Waals surface area (Å²) in [5, 5.41) is 10.4. The Balaban J connectivity index is 3.01. The van der Waals surface area contributed by atoms with Gasteiger partial charge in [0, 0.05) is 23.8 Å². The number of carbonyl (C=O) groups excluding carboxylic acids is 1. The zero-order valence-corrected chi connectivity index (χ0v) is 9.05. The predicted octanol–water partition coefficient (Wildman–Crippen LogP) is 2.12. The number of hydrogen-bond donors (Lipinski definition) is 0. The maximum absolute atomic E-state index is 12.0. The van der Waals surface area contributed by atoms with Crippen molar-refractivity contribution < 1.29 is 18.8 Å². The fourth-order valence-electron chi connectivity index (χ4n) is 1.19. The number of carbonyl (C=O) groups is 1. The third-order valence-electron chi connectivity index (χ3n) is 2.01. The fraction of sp³-hybridized carbons (Fsp3) is 0.182. The average molecular weight is 239 g/mol. The van der Waals surface area contributed by atoms with Gasteiger partial charge < -0.3 is 4.74 Å². The molecule has 17 heavy (non-hydrogen) atoms. The first-order chi connectivity index (χ1) is 8.08. The lowest BCUT2D eigenvalue weighted by atomic mass is 10.1. The highest BCUT2D eigenvalue weighted by Gasteiger charge is 2.08. The number of halogens is 1. The van der Waals surface area contributed by atoms with Gasteiger partial charge in [0.05, 0.1) is 12.0 Å². The first-order valence-corrected chi connectivity index (χ1v) is 4.67. The summed E-state index contributed by atoms with van der Waals surface area (Å²) >= 11 is 0. The van der Waals surface area contributed by atoms with E-state index in [0.29, 0.717) is 5.56 Å². The van der Waals surface area contributed by atoms with Crippen LogP contribution in [0.1, 0.15) is 5.56 Å². The Morgan fingerprint density at radius 1 is 1.47 bits per heavy atom. The summed E-state index contributed by atoms with van der Waals surface area (Å²) in [7, 11) is 1.33. The lowest BCUT2D eigenvalue weighted by Gasteiger charge is -2.05. The molecule has 0 saturated heterocycles. The molecule has 0 aliphatic carbocycles. The zero-order chi connectivity index (χ0) is 12.8. The number of benzene rings is 1. The molecule has 90 valence electrons. The maximum Gasteiger partial charge on any atom is 0.269 e. The van der Waals surface area contributed by atoms with E-state index in [2.05, 4.69) is 0 Å². The van der Waals surface area contributed by atoms with Gasteiger partial charge >= 0.3 is 0 Å². The van der Waals surface area contributed by atoms with E-state index in [1.807, 2.05) is 0 Å². The number of ether oxygens (including phenoxy) is 1. The van der Waals surface area contributed by atoms with Gasteiger partial charge in [-0.3, -0.25) is 14.9 Å². The highest BCUT2D eigenvalue weighted by Crippen LogP contribution is 2.19. The van der Waals surface area contributed by atoms with E-state index in [1.165, 1.54) is 31.4 Å². The van der Waals surface area contributed by atoms with Crippen molar-refractivity contribution in [1.29, 1.82) is 0 Å². The molecule has 0 heterocycles. The third kappa shape index (κ3) is 3.37. The molecule has 6 heteroatoms. The molecule has 0 bridgehead atoms. The lowest BCUT2D eigenvalue weighted by molar-refractivity contribution is -0.384. The van der Waals surface area contributed by atoms with Crippen LogP contribution in [0.4, 0.5) is 10.1 Å². The SMILES string of the molecule is CO/C(=C\C(=O)CF)c1ccc([N+](=O)[O-])cc1. The molecule has 1 rings (SSSR count). The molecule has 0 radical (unpaired) electrons. The van der Waals surface area contributed by atoms with Crippen LogP contribution in [-0.2, 0) is 9.53 Å². The van der Waals surface area contributed by atoms with E-state index >= 15 is 0 Å². The zero-order valence-electron chi connectivity index (χ0n) is 9.05. The molecule has 0 fully saturated rings. The van der Waals surface area contributed by atoms with Crippen molar-refractivity contribution in [3.63, 3.8) is 0 Å². The molecule has 0 aromatic heterocycles. The number of nitro groups is 1. The van der Waals surface area contributed by atoms with Crippen LogP contribution in [0.3, 0.4) is 0 Å². The van der Waals surface area contributed by atoms with Crippen molar-refractivity contribution in [2.45, 2.75) is 0 Å². The normalized spacial score (nSPS) is 11.1. The van der Waals surface area contributed by atoms with E-state index in [9.17, 15) is 19.3 Å². The first-order valence-electron chi connectivity index (χ1n) is 4.67. The molecule has 5 nitrogen and oxygen atoms in total. The molecule has 0 spiro atoms. The Hall–Kier alpha value is -2.24. The Morgan fingerprint density at radius 3 is 2.47 bits per heavy atom. The Morgan fingerprint density at radius 2 is 2.06 bits per heavy atom. The van der Waals surface area contributed by atoms with Crippen LogP contribution < -0.4 is 0 Å². The van der Waals surface area contributed by atoms with Crippen LogP contribution in [0.25, 0.3) is 5.76 Å². The predicted molar refractivity (Wildman–Crippen MR) is 59.1 cm³/mol. The van der Waals surface area contributed by atoms with Crippen molar-refractivity contribution in [3.8, 4) is 0 Å². The van der Waals surface area contributed by atoms with Crippen LogP contribution in [0.15, 0.2) is 30.3 Å². The second-order valence-electron chi connectivity index (χ2n) is 3.12. The second-order valence-corrected chi connectivity index (χ2v) is 3.12. The number of nitro benzene ring substituents is 1. The van der Waals surface area contributed by atoms with Crippen molar-refractivity contribution in [3.05, 3.63) is 46.0 Å². The smallest absolute Gasteiger partial charge is 0.269 e. The van der Waals surface area contributed by atoms with Gasteiger partial charge in [-0.2, -0.15) is 0 Å². The molecule has 0 unspecified atom stereocenters. The standard InChI is InChI=1S/C11H10FNO4/c1-17-11(6-10(14)7-12)8-2-4-9(5-3-8)13(15)16/h2-6H,7H2,1H3/b11-6-. The quantitative estimate of drug-likeness (QED) is 0.341. The molecule has 0 atom stereocenters. The van der Waals surface area contributed by atoms with Gasteiger partial charge in [0.15, 0.2) is 12.5 Å². The van der Waals surface area contributed by atoms with Gasteiger partial charge in [-0.05, 0) is 12.1 Å². The Labute approximate surface area is 96.7 Å². The highest BCUT2D eigenvalue weighted by molar-refractivity contribution is 5.96. The highest BCUT2D eigenvalue weighted by atomic mass is 19.1. The van der Waals surface area contributed by atoms with E-state index in [4.69, 9.17) is 4.74 Å². The van der Waals surface area contributed by atoms with Crippen molar-refractivity contribution in [1.82, 2.24) is 0 Å². The van der Waals surface area contributed by atoms with E-state index in [1.54, 1.807) is 0 Å². The van der Waals surface area contributed by atoms with Crippen LogP contribution in [0.5, 0.6) is 0 Å². The Bertz CT molecular complexity index is 453. The molecule has 1 aromatic rings. The lowest BCUT2D eigenvalue weighted by Crippen LogP contribution is -1.98. The number of nitrogens with zero attached hydrogens (tertiary/aromatic N) is 1. The number of rotatable bonds is 5. The maximum atomic E-state index is 12.0. The van der Waals surface area contributed by atoms with Gasteiger partial charge in [-0.1, -0.05) is 0 Å². The van der Waals surface area contributed by atoms with Crippen molar-refractivity contribution in [2.24, 2.45) is 0 Å². The number of methoxy groups -OCH3 is 1. The van der Waals surface area contributed by atoms with Crippen LogP contribution in [0.2, 0.25) is 0 Å². The summed E-state index contributed by atoms with van der Waals surface area (Å²) in [6, 6.07) is 5.42. The van der Waals surface area contributed by atoms with Gasteiger partial charge in [0.2, 0.25) is 0 Å². The summed E-state index contributed by atoms with van der Waals surface area (Å²) < 4.78 is 16.9. The number of hydrogen-bond acceptors (Lipinski definition) is 4. The van der Waals surface area contributed by atoms with Crippen molar-refractivity contribution >= 4 is 17.2 Å². The van der Waals surface area contributed by atoms with Gasteiger partial charge in [0.25, 0.3) is 5.69 Å². The minimum atomic E-state index is -1.11. The van der Waals surface area contributed by atoms with Gasteiger partial charge in [0.1, 0.15) is 5.76 Å². The molecule has 1 aromatic carbocycles. The molecular formula is C11H10FNO4. The summed E-state index contributed by atoms with van der Waals surface area (Å²) in [6.45, 7) is -1.11. The summed E-state index contributed by atoms with van der Waals surface area (Å²) in [5.74, 6) is -0.553. The second kappa shape index (κ2) is 5.74. The van der Waals surface area contributed by atoms with Crippen LogP contribution in [-0.4, -0.2) is 24.5 Å². The van der Waals surface area contributed by atoms with Gasteiger partial charge in [-0.25, -0.2) is 4.39 Å². The van der Waals surface area contributed by atoms with Gasteiger partial charge in [-0.15, -0.1) is 0 Å². The third-order valence-corrected chi connectivity index (χ3v) is 2.01. The first kappa shape index (κ1) is 12.8. The molecule has 0 N–H and O–H groups in total. The topological polar surface area (TPSA) is 69.4 Å². The molecule has 0 aliphatic rings. The summed E-state index contributed by atoms with van der Waals surface area (Å²) in [5.41, 5.74) is 0.404. The van der Waals surface area contributed by atoms with Crippen LogP contribution in [0, 0.1) is 10.1 Å². The Kier molecular flexibility index (Phi) is 4.33. The van der Waals surface area contributed by atoms with E-state index in [-0.39, 0.29) is 11.4 Å². The van der Waals surface area contributed by atoms with E-state index < -0.39 is 17.4 Å². The number of allylic oxidation sites excluding steroid dienone is 1. The minimum Gasteiger partial charge on any atom is -0.496 e. The summed E-state index contributed by atoms with van der Waals surface area (Å²) in [6.07, 6.45) is 1.02.